The summed E-state index contributed by atoms with van der Waals surface area (Å²) in [5.41, 5.74) is 0.267. The van der Waals surface area contributed by atoms with Gasteiger partial charge in [-0.15, -0.1) is 0 Å². The third kappa shape index (κ3) is 8.43. The molecule has 0 aliphatic heterocycles. The van der Waals surface area contributed by atoms with Crippen LogP contribution in [0.25, 0.3) is 0 Å². The Hall–Kier alpha value is -4.65. The van der Waals surface area contributed by atoms with Crippen molar-refractivity contribution in [3.8, 4) is 0 Å². The van der Waals surface area contributed by atoms with Gasteiger partial charge in [-0.05, 0) is 41.8 Å². The van der Waals surface area contributed by atoms with Crippen molar-refractivity contribution in [3.05, 3.63) is 100.0 Å². The number of amides is 2. The van der Waals surface area contributed by atoms with Gasteiger partial charge in [0.1, 0.15) is 18.8 Å². The van der Waals surface area contributed by atoms with Crippen LogP contribution in [0.15, 0.2) is 77.7 Å². The van der Waals surface area contributed by atoms with Crippen molar-refractivity contribution in [1.82, 2.24) is 9.88 Å². The predicted octanol–water partition coefficient (Wildman–Crippen LogP) is 3.03. The number of carbonyl (C=O) groups is 3. The molecule has 1 aromatic heterocycles. The SMILES string of the molecule is COC(=O)c1ccc(COC(=O)Nc2cccn(CC(=O)NC(Cc3ccccc3)C(O)C(F)(F)F)c2=O)cc1. The lowest BCUT2D eigenvalue weighted by atomic mass is 10.0. The van der Waals surface area contributed by atoms with Crippen LogP contribution in [-0.2, 0) is 33.8 Å². The number of nitrogens with one attached hydrogen (secondary N) is 2. The summed E-state index contributed by atoms with van der Waals surface area (Å²) in [5.74, 6) is -1.48. The molecule has 2 aromatic carbocycles. The largest absolute Gasteiger partial charge is 0.465 e. The number of nitrogens with zero attached hydrogens (tertiary/aromatic N) is 1. The molecule has 0 fully saturated rings. The quantitative estimate of drug-likeness (QED) is 0.324. The molecule has 0 saturated heterocycles. The first kappa shape index (κ1) is 29.9. The van der Waals surface area contributed by atoms with Gasteiger partial charge in [0, 0.05) is 6.20 Å². The third-order valence-corrected chi connectivity index (χ3v) is 5.68. The number of benzene rings is 2. The maximum Gasteiger partial charge on any atom is 0.416 e. The van der Waals surface area contributed by atoms with Crippen LogP contribution in [0.5, 0.6) is 0 Å². The van der Waals surface area contributed by atoms with E-state index in [0.29, 0.717) is 16.7 Å². The number of carbonyl (C=O) groups excluding carboxylic acids is 3. The number of hydrogen-bond donors (Lipinski definition) is 3. The topological polar surface area (TPSA) is 136 Å². The molecule has 0 aliphatic rings. The van der Waals surface area contributed by atoms with Gasteiger partial charge in [-0.25, -0.2) is 9.59 Å². The number of rotatable bonds is 10. The lowest BCUT2D eigenvalue weighted by molar-refractivity contribution is -0.212. The van der Waals surface area contributed by atoms with Crippen LogP contribution in [0, 0.1) is 0 Å². The zero-order chi connectivity index (χ0) is 29.3. The molecule has 3 aromatic rings. The van der Waals surface area contributed by atoms with Crippen LogP contribution in [0.4, 0.5) is 23.7 Å². The van der Waals surface area contributed by atoms with E-state index in [9.17, 15) is 37.5 Å². The van der Waals surface area contributed by atoms with Crippen molar-refractivity contribution in [2.75, 3.05) is 12.4 Å². The van der Waals surface area contributed by atoms with Gasteiger partial charge in [-0.3, -0.25) is 14.9 Å². The molecule has 0 bridgehead atoms. The number of ether oxygens (including phenoxy) is 2. The number of alkyl halides is 3. The average Bonchev–Trinajstić information content (AvgIpc) is 2.93. The fourth-order valence-electron chi connectivity index (χ4n) is 3.65. The number of pyridine rings is 1. The third-order valence-electron chi connectivity index (χ3n) is 5.68. The van der Waals surface area contributed by atoms with Crippen molar-refractivity contribution >= 4 is 23.7 Å². The Bertz CT molecular complexity index is 1380. The smallest absolute Gasteiger partial charge is 0.416 e. The fourth-order valence-corrected chi connectivity index (χ4v) is 3.65. The van der Waals surface area contributed by atoms with Gasteiger partial charge < -0.3 is 24.5 Å². The minimum absolute atomic E-state index is 0.180. The highest BCUT2D eigenvalue weighted by Crippen LogP contribution is 2.24. The predicted molar refractivity (Wildman–Crippen MR) is 136 cm³/mol. The molecule has 40 heavy (non-hydrogen) atoms. The standard InChI is InChI=1S/C27H26F3N3O7/c1-39-25(37)19-11-9-18(10-12-19)16-40-26(38)32-20-8-5-13-33(24(20)36)15-22(34)31-21(23(35)27(28,29)30)14-17-6-3-2-4-7-17/h2-13,21,23,35H,14-16H2,1H3,(H,31,34)(H,32,38). The van der Waals surface area contributed by atoms with E-state index in [4.69, 9.17) is 4.74 Å². The molecule has 212 valence electrons. The lowest BCUT2D eigenvalue weighted by Gasteiger charge is -2.26. The lowest BCUT2D eigenvalue weighted by Crippen LogP contribution is -2.52. The van der Waals surface area contributed by atoms with Crippen LogP contribution in [0.3, 0.4) is 0 Å². The Morgan fingerprint density at radius 1 is 0.975 bits per heavy atom. The maximum atomic E-state index is 13.2. The summed E-state index contributed by atoms with van der Waals surface area (Å²) in [6.07, 6.45) is -7.90. The molecule has 3 rings (SSSR count). The molecular weight excluding hydrogens is 535 g/mol. The van der Waals surface area contributed by atoms with E-state index in [1.54, 1.807) is 42.5 Å². The Morgan fingerprint density at radius 2 is 1.65 bits per heavy atom. The van der Waals surface area contributed by atoms with Crippen molar-refractivity contribution in [2.24, 2.45) is 0 Å². The highest BCUT2D eigenvalue weighted by atomic mass is 19.4. The Morgan fingerprint density at radius 3 is 2.27 bits per heavy atom. The first-order valence-electron chi connectivity index (χ1n) is 11.9. The molecule has 0 radical (unpaired) electrons. The minimum Gasteiger partial charge on any atom is -0.465 e. The van der Waals surface area contributed by atoms with Gasteiger partial charge in [0.25, 0.3) is 5.56 Å². The summed E-state index contributed by atoms with van der Waals surface area (Å²) in [6.45, 7) is -0.854. The molecule has 0 spiro atoms. The Labute approximate surface area is 226 Å². The van der Waals surface area contributed by atoms with Crippen molar-refractivity contribution < 1.29 is 42.1 Å². The number of anilines is 1. The monoisotopic (exact) mass is 561 g/mol. The molecule has 13 heteroatoms. The second kappa shape index (κ2) is 13.4. The second-order valence-corrected chi connectivity index (χ2v) is 8.59. The number of methoxy groups -OCH3 is 1. The number of halogens is 3. The van der Waals surface area contributed by atoms with Crippen LogP contribution >= 0.6 is 0 Å². The van der Waals surface area contributed by atoms with Gasteiger partial charge >= 0.3 is 18.2 Å². The molecular formula is C27H26F3N3O7. The van der Waals surface area contributed by atoms with Crippen LogP contribution in [0.2, 0.25) is 0 Å². The first-order chi connectivity index (χ1) is 19.0. The highest BCUT2D eigenvalue weighted by molar-refractivity contribution is 5.89. The minimum atomic E-state index is -4.99. The summed E-state index contributed by atoms with van der Waals surface area (Å²) in [5, 5.41) is 14.2. The van der Waals surface area contributed by atoms with E-state index in [1.165, 1.54) is 37.6 Å². The summed E-state index contributed by atoms with van der Waals surface area (Å²) in [4.78, 5) is 49.0. The maximum absolute atomic E-state index is 13.2. The molecule has 0 saturated carbocycles. The number of aromatic nitrogens is 1. The van der Waals surface area contributed by atoms with Gasteiger partial charge in [0.2, 0.25) is 5.91 Å². The molecule has 10 nitrogen and oxygen atoms in total. The Balaban J connectivity index is 1.62. The number of aliphatic hydroxyl groups is 1. The van der Waals surface area contributed by atoms with E-state index in [2.05, 4.69) is 15.4 Å². The summed E-state index contributed by atoms with van der Waals surface area (Å²) in [7, 11) is 1.24. The van der Waals surface area contributed by atoms with E-state index >= 15 is 0 Å². The Kier molecular flexibility index (Phi) is 10.0. The zero-order valence-corrected chi connectivity index (χ0v) is 21.2. The number of esters is 1. The van der Waals surface area contributed by atoms with Gasteiger partial charge in [-0.1, -0.05) is 42.5 Å². The van der Waals surface area contributed by atoms with Crippen molar-refractivity contribution in [2.45, 2.75) is 37.9 Å². The van der Waals surface area contributed by atoms with Crippen LogP contribution < -0.4 is 16.2 Å². The molecule has 2 atom stereocenters. The second-order valence-electron chi connectivity index (χ2n) is 8.59. The van der Waals surface area contributed by atoms with E-state index in [1.807, 2.05) is 0 Å². The number of aliphatic hydroxyl groups excluding tert-OH is 1. The van der Waals surface area contributed by atoms with E-state index in [-0.39, 0.29) is 18.7 Å². The molecule has 2 unspecified atom stereocenters. The summed E-state index contributed by atoms with van der Waals surface area (Å²) >= 11 is 0. The van der Waals surface area contributed by atoms with E-state index in [0.717, 1.165) is 4.57 Å². The first-order valence-corrected chi connectivity index (χ1v) is 11.9. The normalized spacial score (nSPS) is 12.6. The van der Waals surface area contributed by atoms with Crippen molar-refractivity contribution in [3.63, 3.8) is 0 Å². The fraction of sp³-hybridized carbons (Fsp3) is 0.259. The highest BCUT2D eigenvalue weighted by Gasteiger charge is 2.44. The molecule has 2 amide bonds. The number of hydrogen-bond acceptors (Lipinski definition) is 7. The van der Waals surface area contributed by atoms with Crippen LogP contribution in [0.1, 0.15) is 21.5 Å². The van der Waals surface area contributed by atoms with Gasteiger partial charge in [-0.2, -0.15) is 13.2 Å². The zero-order valence-electron chi connectivity index (χ0n) is 21.2. The van der Waals surface area contributed by atoms with Crippen molar-refractivity contribution in [1.29, 1.82) is 0 Å². The van der Waals surface area contributed by atoms with Gasteiger partial charge in [0.15, 0.2) is 6.10 Å². The molecule has 3 N–H and O–H groups in total. The molecule has 0 aliphatic carbocycles. The van der Waals surface area contributed by atoms with E-state index < -0.39 is 48.4 Å². The summed E-state index contributed by atoms with van der Waals surface area (Å²) in [6, 6.07) is 15.0. The molecule has 1 heterocycles. The van der Waals surface area contributed by atoms with Gasteiger partial charge in [0.05, 0.1) is 18.7 Å². The summed E-state index contributed by atoms with van der Waals surface area (Å²) < 4.78 is 50.2. The van der Waals surface area contributed by atoms with Crippen LogP contribution in [-0.4, -0.2) is 53.1 Å². The average molecular weight is 562 g/mol.